The van der Waals surface area contributed by atoms with Crippen LogP contribution in [0.25, 0.3) is 11.3 Å². The number of rotatable bonds is 4. The molecule has 4 rings (SSSR count). The molecule has 1 fully saturated rings. The number of nitrogens with one attached hydrogen (secondary N) is 1. The predicted octanol–water partition coefficient (Wildman–Crippen LogP) is 2.72. The molecule has 3 amide bonds. The fourth-order valence-corrected chi connectivity index (χ4v) is 4.77. The number of urea groups is 1. The number of carbonyl (C=O) groups is 2. The van der Waals surface area contributed by atoms with Crippen LogP contribution in [0.4, 0.5) is 4.79 Å². The Hall–Kier alpha value is -2.19. The minimum atomic E-state index is -0.555. The van der Waals surface area contributed by atoms with Gasteiger partial charge in [-0.05, 0) is 31.2 Å². The molecule has 2 aromatic rings. The van der Waals surface area contributed by atoms with Crippen molar-refractivity contribution in [3.8, 4) is 11.3 Å². The molecule has 1 aromatic heterocycles. The molecule has 2 heterocycles. The number of fused-ring (bicyclic) bond motifs is 1. The van der Waals surface area contributed by atoms with Gasteiger partial charge in [0.05, 0.1) is 24.3 Å². The molecule has 0 bridgehead atoms. The predicted molar refractivity (Wildman–Crippen MR) is 110 cm³/mol. The van der Waals surface area contributed by atoms with Crippen molar-refractivity contribution in [3.05, 3.63) is 40.5 Å². The third kappa shape index (κ3) is 3.58. The zero-order valence-electron chi connectivity index (χ0n) is 15.5. The second-order valence-electron chi connectivity index (χ2n) is 7.17. The number of primary amides is 1. The number of aromatic nitrogens is 2. The molecule has 0 radical (unpaired) electrons. The third-order valence-electron chi connectivity index (χ3n) is 5.37. The lowest BCUT2D eigenvalue weighted by molar-refractivity contribution is 0.0997. The molecule has 0 unspecified atom stereocenters. The molecule has 0 saturated heterocycles. The van der Waals surface area contributed by atoms with Gasteiger partial charge in [0.25, 0.3) is 5.91 Å². The van der Waals surface area contributed by atoms with Gasteiger partial charge in [0.2, 0.25) is 0 Å². The lowest BCUT2D eigenvalue weighted by atomic mass is 9.92. The van der Waals surface area contributed by atoms with Gasteiger partial charge in [-0.3, -0.25) is 9.48 Å². The summed E-state index contributed by atoms with van der Waals surface area (Å²) in [5, 5.41) is 8.86. The molecule has 7 nitrogen and oxygen atoms in total. The highest BCUT2D eigenvalue weighted by molar-refractivity contribution is 7.99. The maximum atomic E-state index is 12.7. The summed E-state index contributed by atoms with van der Waals surface area (Å²) in [6.45, 7) is 1.35. The minimum Gasteiger partial charge on any atom is -0.365 e. The summed E-state index contributed by atoms with van der Waals surface area (Å²) in [4.78, 5) is 26.6. The maximum Gasteiger partial charge on any atom is 0.318 e. The van der Waals surface area contributed by atoms with Crippen molar-refractivity contribution in [2.45, 2.75) is 37.2 Å². The molecule has 2 aliphatic rings. The van der Waals surface area contributed by atoms with E-state index in [1.54, 1.807) is 27.8 Å². The highest BCUT2D eigenvalue weighted by atomic mass is 35.5. The first kappa shape index (κ1) is 19.1. The van der Waals surface area contributed by atoms with Gasteiger partial charge in [-0.25, -0.2) is 4.79 Å². The van der Waals surface area contributed by atoms with E-state index in [0.717, 1.165) is 18.4 Å². The molecule has 1 saturated carbocycles. The summed E-state index contributed by atoms with van der Waals surface area (Å²) in [6.07, 6.45) is 4.10. The Labute approximate surface area is 172 Å². The van der Waals surface area contributed by atoms with Gasteiger partial charge in [-0.1, -0.05) is 23.7 Å². The van der Waals surface area contributed by atoms with Crippen molar-refractivity contribution in [3.63, 3.8) is 0 Å². The molecule has 1 aliphatic heterocycles. The quantitative estimate of drug-likeness (QED) is 0.796. The van der Waals surface area contributed by atoms with Gasteiger partial charge < -0.3 is 16.0 Å². The average molecular weight is 420 g/mol. The molecule has 0 spiro atoms. The van der Waals surface area contributed by atoms with Crippen LogP contribution in [-0.2, 0) is 13.1 Å². The van der Waals surface area contributed by atoms with E-state index >= 15 is 0 Å². The summed E-state index contributed by atoms with van der Waals surface area (Å²) < 4.78 is 1.77. The zero-order valence-corrected chi connectivity index (χ0v) is 17.1. The van der Waals surface area contributed by atoms with Gasteiger partial charge >= 0.3 is 6.03 Å². The Morgan fingerprint density at radius 2 is 2.11 bits per heavy atom. The van der Waals surface area contributed by atoms with Crippen LogP contribution in [0.5, 0.6) is 0 Å². The second-order valence-corrected chi connectivity index (χ2v) is 8.74. The van der Waals surface area contributed by atoms with Crippen LogP contribution in [-0.4, -0.2) is 50.7 Å². The van der Waals surface area contributed by atoms with E-state index in [4.69, 9.17) is 17.3 Å². The largest absolute Gasteiger partial charge is 0.365 e. The normalized spacial score (nSPS) is 21.0. The molecule has 1 aliphatic carbocycles. The number of hydrogen-bond donors (Lipinski definition) is 2. The number of nitrogens with zero attached hydrogens (tertiary/aromatic N) is 3. The average Bonchev–Trinajstić information content (AvgIpc) is 3.03. The molecule has 3 N–H and O–H groups in total. The van der Waals surface area contributed by atoms with Crippen LogP contribution in [0, 0.1) is 0 Å². The zero-order chi connectivity index (χ0) is 19.8. The minimum absolute atomic E-state index is 0.100. The Balaban J connectivity index is 1.56. The SMILES string of the molecule is CSC1CC(NC(=O)N2CCn3nc(-c4cccc(Cl)c4)c(C(N)=O)c3C2)C1. The van der Waals surface area contributed by atoms with Crippen LogP contribution >= 0.6 is 23.4 Å². The maximum absolute atomic E-state index is 12.7. The van der Waals surface area contributed by atoms with Crippen LogP contribution in [0.2, 0.25) is 5.02 Å². The van der Waals surface area contributed by atoms with Gasteiger partial charge in [0.15, 0.2) is 0 Å². The second kappa shape index (κ2) is 7.67. The van der Waals surface area contributed by atoms with Crippen LogP contribution in [0.3, 0.4) is 0 Å². The fourth-order valence-electron chi connectivity index (χ4n) is 3.73. The van der Waals surface area contributed by atoms with E-state index in [-0.39, 0.29) is 12.1 Å². The van der Waals surface area contributed by atoms with Gasteiger partial charge in [-0.2, -0.15) is 16.9 Å². The summed E-state index contributed by atoms with van der Waals surface area (Å²) in [5.74, 6) is -0.555. The fraction of sp³-hybridized carbons (Fsp3) is 0.421. The van der Waals surface area contributed by atoms with Gasteiger partial charge in [0.1, 0.15) is 5.69 Å². The summed E-state index contributed by atoms with van der Waals surface area (Å²) in [5.41, 5.74) is 7.94. The molecule has 0 atom stereocenters. The lowest BCUT2D eigenvalue weighted by Gasteiger charge is -2.37. The lowest BCUT2D eigenvalue weighted by Crippen LogP contribution is -2.52. The smallest absolute Gasteiger partial charge is 0.318 e. The standard InChI is InChI=1S/C19H22ClN5O2S/c1-28-14-8-13(9-14)22-19(27)24-5-6-25-15(10-24)16(18(21)26)17(23-25)11-3-2-4-12(20)7-11/h2-4,7,13-14H,5-6,8-10H2,1H3,(H2,21,26)(H,22,27). The highest BCUT2D eigenvalue weighted by Crippen LogP contribution is 2.31. The summed E-state index contributed by atoms with van der Waals surface area (Å²) in [7, 11) is 0. The van der Waals surface area contributed by atoms with Gasteiger partial charge in [0, 0.05) is 28.4 Å². The van der Waals surface area contributed by atoms with Crippen molar-refractivity contribution in [1.82, 2.24) is 20.0 Å². The molecule has 9 heteroatoms. The Morgan fingerprint density at radius 3 is 2.79 bits per heavy atom. The monoisotopic (exact) mass is 419 g/mol. The van der Waals surface area contributed by atoms with Gasteiger partial charge in [-0.15, -0.1) is 0 Å². The van der Waals surface area contributed by atoms with E-state index in [1.807, 2.05) is 17.8 Å². The van der Waals surface area contributed by atoms with Crippen molar-refractivity contribution >= 4 is 35.3 Å². The molecular weight excluding hydrogens is 398 g/mol. The van der Waals surface area contributed by atoms with Crippen LogP contribution < -0.4 is 11.1 Å². The van der Waals surface area contributed by atoms with Crippen molar-refractivity contribution < 1.29 is 9.59 Å². The summed E-state index contributed by atoms with van der Waals surface area (Å²) in [6, 6.07) is 7.30. The molecule has 148 valence electrons. The van der Waals surface area contributed by atoms with Crippen LogP contribution in [0.1, 0.15) is 28.9 Å². The third-order valence-corrected chi connectivity index (χ3v) is 6.65. The van der Waals surface area contributed by atoms with E-state index in [9.17, 15) is 9.59 Å². The van der Waals surface area contributed by atoms with Crippen LogP contribution in [0.15, 0.2) is 24.3 Å². The highest BCUT2D eigenvalue weighted by Gasteiger charge is 2.33. The topological polar surface area (TPSA) is 93.2 Å². The number of halogens is 1. The Bertz CT molecular complexity index is 925. The number of hydrogen-bond acceptors (Lipinski definition) is 4. The Morgan fingerprint density at radius 1 is 1.32 bits per heavy atom. The molecule has 28 heavy (non-hydrogen) atoms. The molecular formula is C19H22ClN5O2S. The van der Waals surface area contributed by atoms with Crippen molar-refractivity contribution in [1.29, 1.82) is 0 Å². The first-order valence-corrected chi connectivity index (χ1v) is 10.9. The number of thioether (sulfide) groups is 1. The van der Waals surface area contributed by atoms with E-state index in [0.29, 0.717) is 46.9 Å². The number of benzene rings is 1. The van der Waals surface area contributed by atoms with Crippen molar-refractivity contribution in [2.75, 3.05) is 12.8 Å². The van der Waals surface area contributed by atoms with E-state index in [1.165, 1.54) is 0 Å². The van der Waals surface area contributed by atoms with Crippen molar-refractivity contribution in [2.24, 2.45) is 5.73 Å². The number of carbonyl (C=O) groups excluding carboxylic acids is 2. The van der Waals surface area contributed by atoms with E-state index in [2.05, 4.69) is 16.7 Å². The molecule has 1 aromatic carbocycles. The van der Waals surface area contributed by atoms with E-state index < -0.39 is 5.91 Å². The first-order chi connectivity index (χ1) is 13.5. The number of amides is 3. The Kier molecular flexibility index (Phi) is 5.25. The number of nitrogens with two attached hydrogens (primary N) is 1. The summed E-state index contributed by atoms with van der Waals surface area (Å²) >= 11 is 7.93. The first-order valence-electron chi connectivity index (χ1n) is 9.20.